The molecule has 1 aliphatic rings. The highest BCUT2D eigenvalue weighted by Gasteiger charge is 2.19. The third-order valence-corrected chi connectivity index (χ3v) is 4.63. The van der Waals surface area contributed by atoms with Gasteiger partial charge in [0.1, 0.15) is 11.6 Å². The molecule has 1 aliphatic heterocycles. The molecule has 26 heavy (non-hydrogen) atoms. The predicted octanol–water partition coefficient (Wildman–Crippen LogP) is 4.65. The van der Waals surface area contributed by atoms with Crippen LogP contribution in [0.5, 0.6) is 11.5 Å². The van der Waals surface area contributed by atoms with Crippen LogP contribution in [-0.4, -0.2) is 12.7 Å². The number of amides is 1. The zero-order valence-corrected chi connectivity index (χ0v) is 16.2. The first kappa shape index (κ1) is 18.0. The summed E-state index contributed by atoms with van der Waals surface area (Å²) >= 11 is 3.41. The molecule has 0 bridgehead atoms. The highest BCUT2D eigenvalue weighted by molar-refractivity contribution is 9.10. The maximum absolute atomic E-state index is 12.6. The zero-order chi connectivity index (χ0) is 18.8. The molecule has 2 aromatic rings. The Bertz CT molecular complexity index is 951. The molecule has 0 fully saturated rings. The van der Waals surface area contributed by atoms with E-state index in [-0.39, 0.29) is 12.4 Å². The molecule has 0 unspecified atom stereocenters. The number of carbonyl (C=O) groups excluding carboxylic acids is 1. The Labute approximate surface area is 160 Å². The van der Waals surface area contributed by atoms with Gasteiger partial charge < -0.3 is 14.8 Å². The number of fused-ring (bicyclic) bond motifs is 1. The standard InChI is InChI=1S/C20H17BrN2O3/c1-11-4-12(2)18(13(3)5-11)23-20(24)15(9-22)6-14-7-16(21)19-17(8-14)25-10-26-19/h4-8H,10H2,1-3H3,(H,23,24)/b15-6+. The van der Waals surface area contributed by atoms with Crippen molar-refractivity contribution in [1.82, 2.24) is 0 Å². The lowest BCUT2D eigenvalue weighted by Gasteiger charge is -2.12. The minimum absolute atomic E-state index is 0.00939. The largest absolute Gasteiger partial charge is 0.454 e. The number of nitrogens with zero attached hydrogens (tertiary/aromatic N) is 1. The first-order valence-corrected chi connectivity index (χ1v) is 8.78. The van der Waals surface area contributed by atoms with Gasteiger partial charge in [0.25, 0.3) is 5.91 Å². The van der Waals surface area contributed by atoms with E-state index in [4.69, 9.17) is 9.47 Å². The molecular weight excluding hydrogens is 396 g/mol. The quantitative estimate of drug-likeness (QED) is 0.588. The lowest BCUT2D eigenvalue weighted by Crippen LogP contribution is -2.15. The summed E-state index contributed by atoms with van der Waals surface area (Å²) < 4.78 is 11.4. The van der Waals surface area contributed by atoms with Gasteiger partial charge in [-0.3, -0.25) is 4.79 Å². The second kappa shape index (κ2) is 7.22. The van der Waals surface area contributed by atoms with Crippen molar-refractivity contribution in [2.24, 2.45) is 0 Å². The van der Waals surface area contributed by atoms with Gasteiger partial charge in [-0.2, -0.15) is 5.26 Å². The van der Waals surface area contributed by atoms with Crippen LogP contribution in [0.15, 0.2) is 34.3 Å². The monoisotopic (exact) mass is 412 g/mol. The molecule has 0 aromatic heterocycles. The topological polar surface area (TPSA) is 71.4 Å². The molecule has 6 heteroatoms. The summed E-state index contributed by atoms with van der Waals surface area (Å²) in [5.41, 5.74) is 4.45. The van der Waals surface area contributed by atoms with E-state index < -0.39 is 5.91 Å². The lowest BCUT2D eigenvalue weighted by molar-refractivity contribution is -0.112. The lowest BCUT2D eigenvalue weighted by atomic mass is 10.0. The summed E-state index contributed by atoms with van der Waals surface area (Å²) in [5.74, 6) is 0.751. The average Bonchev–Trinajstić information content (AvgIpc) is 3.04. The van der Waals surface area contributed by atoms with Crippen molar-refractivity contribution in [2.75, 3.05) is 12.1 Å². The first-order valence-electron chi connectivity index (χ1n) is 7.99. The molecule has 1 heterocycles. The van der Waals surface area contributed by atoms with E-state index in [2.05, 4.69) is 21.2 Å². The van der Waals surface area contributed by atoms with Crippen molar-refractivity contribution >= 4 is 33.6 Å². The molecule has 0 atom stereocenters. The van der Waals surface area contributed by atoms with E-state index >= 15 is 0 Å². The van der Waals surface area contributed by atoms with Gasteiger partial charge in [-0.05, 0) is 71.6 Å². The SMILES string of the molecule is Cc1cc(C)c(NC(=O)/C(C#N)=C/c2cc(Br)c3c(c2)OCO3)c(C)c1. The van der Waals surface area contributed by atoms with Gasteiger partial charge >= 0.3 is 0 Å². The van der Waals surface area contributed by atoms with Crippen LogP contribution in [0.25, 0.3) is 6.08 Å². The number of nitriles is 1. The van der Waals surface area contributed by atoms with E-state index in [0.717, 1.165) is 22.4 Å². The van der Waals surface area contributed by atoms with Crippen molar-refractivity contribution in [2.45, 2.75) is 20.8 Å². The third-order valence-electron chi connectivity index (χ3n) is 4.04. The maximum atomic E-state index is 12.6. The van der Waals surface area contributed by atoms with Crippen molar-refractivity contribution in [3.8, 4) is 17.6 Å². The summed E-state index contributed by atoms with van der Waals surface area (Å²) in [7, 11) is 0. The number of benzene rings is 2. The summed E-state index contributed by atoms with van der Waals surface area (Å²) in [5, 5.41) is 12.3. The number of aryl methyl sites for hydroxylation is 3. The van der Waals surface area contributed by atoms with Crippen molar-refractivity contribution in [3.63, 3.8) is 0 Å². The zero-order valence-electron chi connectivity index (χ0n) is 14.6. The number of nitrogens with one attached hydrogen (secondary N) is 1. The van der Waals surface area contributed by atoms with Gasteiger partial charge in [-0.15, -0.1) is 0 Å². The number of rotatable bonds is 3. The number of hydrogen-bond acceptors (Lipinski definition) is 4. The third kappa shape index (κ3) is 3.58. The molecule has 0 saturated carbocycles. The van der Waals surface area contributed by atoms with Gasteiger partial charge in [0, 0.05) is 5.69 Å². The van der Waals surface area contributed by atoms with Gasteiger partial charge in [-0.25, -0.2) is 0 Å². The predicted molar refractivity (Wildman–Crippen MR) is 103 cm³/mol. The molecule has 0 saturated heterocycles. The fourth-order valence-corrected chi connectivity index (χ4v) is 3.52. The van der Waals surface area contributed by atoms with E-state index in [1.165, 1.54) is 6.08 Å². The molecule has 0 radical (unpaired) electrons. The number of halogens is 1. The summed E-state index contributed by atoms with van der Waals surface area (Å²) in [6.45, 7) is 6.02. The molecule has 1 N–H and O–H groups in total. The Morgan fingerprint density at radius 3 is 2.54 bits per heavy atom. The van der Waals surface area contributed by atoms with Crippen LogP contribution < -0.4 is 14.8 Å². The molecule has 0 aliphatic carbocycles. The highest BCUT2D eigenvalue weighted by atomic mass is 79.9. The number of ether oxygens (including phenoxy) is 2. The molecular formula is C20H17BrN2O3. The first-order chi connectivity index (χ1) is 12.4. The molecule has 132 valence electrons. The summed E-state index contributed by atoms with van der Waals surface area (Å²) in [4.78, 5) is 12.6. The Morgan fingerprint density at radius 2 is 1.88 bits per heavy atom. The molecule has 2 aromatic carbocycles. The number of hydrogen-bond donors (Lipinski definition) is 1. The van der Waals surface area contributed by atoms with Crippen LogP contribution in [0.2, 0.25) is 0 Å². The van der Waals surface area contributed by atoms with Crippen LogP contribution in [0, 0.1) is 32.1 Å². The minimum atomic E-state index is -0.448. The van der Waals surface area contributed by atoms with Gasteiger partial charge in [0.15, 0.2) is 11.5 Å². The van der Waals surface area contributed by atoms with E-state index in [1.807, 2.05) is 39.0 Å². The van der Waals surface area contributed by atoms with E-state index in [0.29, 0.717) is 21.5 Å². The van der Waals surface area contributed by atoms with Crippen LogP contribution in [0.1, 0.15) is 22.3 Å². The molecule has 3 rings (SSSR count). The van der Waals surface area contributed by atoms with Crippen LogP contribution >= 0.6 is 15.9 Å². The Kier molecular flexibility index (Phi) is 5.01. The summed E-state index contributed by atoms with van der Waals surface area (Å²) in [6, 6.07) is 9.47. The van der Waals surface area contributed by atoms with E-state index in [9.17, 15) is 10.1 Å². The Morgan fingerprint density at radius 1 is 1.19 bits per heavy atom. The van der Waals surface area contributed by atoms with Crippen LogP contribution in [0.3, 0.4) is 0 Å². The van der Waals surface area contributed by atoms with Gasteiger partial charge in [-0.1, -0.05) is 17.7 Å². The summed E-state index contributed by atoms with van der Waals surface area (Å²) in [6.07, 6.45) is 1.53. The number of anilines is 1. The van der Waals surface area contributed by atoms with Crippen molar-refractivity contribution in [1.29, 1.82) is 5.26 Å². The molecule has 5 nitrogen and oxygen atoms in total. The average molecular weight is 413 g/mol. The highest BCUT2D eigenvalue weighted by Crippen LogP contribution is 2.40. The maximum Gasteiger partial charge on any atom is 0.266 e. The fraction of sp³-hybridized carbons (Fsp3) is 0.200. The number of carbonyl (C=O) groups is 1. The second-order valence-corrected chi connectivity index (χ2v) is 6.99. The van der Waals surface area contributed by atoms with Crippen LogP contribution in [0.4, 0.5) is 5.69 Å². The van der Waals surface area contributed by atoms with Crippen molar-refractivity contribution in [3.05, 3.63) is 56.6 Å². The Hall–Kier alpha value is -2.78. The molecule has 0 spiro atoms. The smallest absolute Gasteiger partial charge is 0.266 e. The van der Waals surface area contributed by atoms with Gasteiger partial charge in [0.05, 0.1) is 4.47 Å². The van der Waals surface area contributed by atoms with E-state index in [1.54, 1.807) is 12.1 Å². The van der Waals surface area contributed by atoms with Crippen LogP contribution in [-0.2, 0) is 4.79 Å². The Balaban J connectivity index is 1.90. The van der Waals surface area contributed by atoms with Crippen molar-refractivity contribution < 1.29 is 14.3 Å². The normalized spacial score (nSPS) is 12.7. The second-order valence-electron chi connectivity index (χ2n) is 6.13. The van der Waals surface area contributed by atoms with Gasteiger partial charge in [0.2, 0.25) is 6.79 Å². The fourth-order valence-electron chi connectivity index (χ4n) is 2.94. The minimum Gasteiger partial charge on any atom is -0.454 e. The molecule has 1 amide bonds.